The van der Waals surface area contributed by atoms with Crippen molar-refractivity contribution in [2.24, 2.45) is 0 Å². The summed E-state index contributed by atoms with van der Waals surface area (Å²) in [6, 6.07) is 5.33. The maximum Gasteiger partial charge on any atom is 0.328 e. The summed E-state index contributed by atoms with van der Waals surface area (Å²) in [7, 11) is 1.39. The van der Waals surface area contributed by atoms with Gasteiger partial charge in [0.25, 0.3) is 0 Å². The van der Waals surface area contributed by atoms with E-state index in [0.29, 0.717) is 12.3 Å². The molecule has 20 heavy (non-hydrogen) atoms. The van der Waals surface area contributed by atoms with Gasteiger partial charge in [-0.2, -0.15) is 0 Å². The van der Waals surface area contributed by atoms with Crippen molar-refractivity contribution in [2.75, 3.05) is 12.4 Å². The van der Waals surface area contributed by atoms with E-state index in [0.717, 1.165) is 16.8 Å². The summed E-state index contributed by atoms with van der Waals surface area (Å²) in [5, 5.41) is 10.7. The van der Waals surface area contributed by atoms with E-state index in [9.17, 15) is 4.79 Å². The van der Waals surface area contributed by atoms with Gasteiger partial charge in [0.05, 0.1) is 7.11 Å². The zero-order chi connectivity index (χ0) is 14.5. The maximum absolute atomic E-state index is 11.6. The molecule has 0 fully saturated rings. The van der Waals surface area contributed by atoms with Gasteiger partial charge in [0.2, 0.25) is 12.3 Å². The number of carbonyl (C=O) groups is 1. The van der Waals surface area contributed by atoms with Crippen LogP contribution in [0.15, 0.2) is 29.0 Å². The Labute approximate surface area is 117 Å². The first-order valence-electron chi connectivity index (χ1n) is 6.37. The molecule has 0 radical (unpaired) electrons. The highest BCUT2D eigenvalue weighted by molar-refractivity contribution is 5.79. The average Bonchev–Trinajstić information content (AvgIpc) is 2.99. The summed E-state index contributed by atoms with van der Waals surface area (Å²) < 4.78 is 9.92. The number of carbonyl (C=O) groups excluding carboxylic acids is 1. The fourth-order valence-corrected chi connectivity index (χ4v) is 1.92. The first-order valence-corrected chi connectivity index (χ1v) is 6.37. The zero-order valence-corrected chi connectivity index (χ0v) is 11.7. The number of methoxy groups -OCH3 is 1. The molecule has 2 aromatic rings. The van der Waals surface area contributed by atoms with E-state index in [1.165, 1.54) is 13.5 Å². The Bertz CT molecular complexity index is 581. The second kappa shape index (κ2) is 6.18. The second-order valence-electron chi connectivity index (χ2n) is 4.40. The van der Waals surface area contributed by atoms with Gasteiger partial charge in [-0.05, 0) is 37.1 Å². The summed E-state index contributed by atoms with van der Waals surface area (Å²) in [6.07, 6.45) is 1.94. The SMILES string of the molecule is CCC(Nc1ccc(-c2nnco2)cc1C)C(=O)OC. The van der Waals surface area contributed by atoms with Gasteiger partial charge in [0.1, 0.15) is 6.04 Å². The highest BCUT2D eigenvalue weighted by Gasteiger charge is 2.17. The van der Waals surface area contributed by atoms with Gasteiger partial charge in [0.15, 0.2) is 0 Å². The van der Waals surface area contributed by atoms with E-state index < -0.39 is 0 Å². The molecule has 1 aromatic heterocycles. The number of nitrogens with zero attached hydrogens (tertiary/aromatic N) is 2. The molecule has 0 aliphatic rings. The Morgan fingerprint density at radius 3 is 2.85 bits per heavy atom. The van der Waals surface area contributed by atoms with Gasteiger partial charge >= 0.3 is 5.97 Å². The predicted octanol–water partition coefficient (Wildman–Crippen LogP) is 2.41. The lowest BCUT2D eigenvalue weighted by molar-refractivity contribution is -0.141. The molecule has 1 aromatic carbocycles. The van der Waals surface area contributed by atoms with Crippen LogP contribution in [0.4, 0.5) is 5.69 Å². The predicted molar refractivity (Wildman–Crippen MR) is 74.2 cm³/mol. The number of esters is 1. The van der Waals surface area contributed by atoms with Gasteiger partial charge < -0.3 is 14.5 Å². The molecule has 0 amide bonds. The Hall–Kier alpha value is -2.37. The van der Waals surface area contributed by atoms with Crippen LogP contribution in [0.5, 0.6) is 0 Å². The van der Waals surface area contributed by atoms with Crippen LogP contribution < -0.4 is 5.32 Å². The fourth-order valence-electron chi connectivity index (χ4n) is 1.92. The van der Waals surface area contributed by atoms with Crippen LogP contribution in [-0.2, 0) is 9.53 Å². The van der Waals surface area contributed by atoms with Gasteiger partial charge in [-0.15, -0.1) is 10.2 Å². The summed E-state index contributed by atoms with van der Waals surface area (Å²) in [5.74, 6) is 0.201. The Morgan fingerprint density at radius 1 is 1.50 bits per heavy atom. The number of hydrogen-bond acceptors (Lipinski definition) is 6. The molecule has 0 spiro atoms. The number of rotatable bonds is 5. The van der Waals surface area contributed by atoms with Crippen molar-refractivity contribution in [1.29, 1.82) is 0 Å². The molecule has 0 aliphatic heterocycles. The van der Waals surface area contributed by atoms with Crippen LogP contribution in [0.1, 0.15) is 18.9 Å². The standard InChI is InChI=1S/C14H17N3O3/c1-4-11(14(18)19-3)16-12-6-5-10(7-9(12)2)13-17-15-8-20-13/h5-8,11,16H,4H2,1-3H3. The summed E-state index contributed by atoms with van der Waals surface area (Å²) >= 11 is 0. The van der Waals surface area contributed by atoms with Crippen LogP contribution in [0.2, 0.25) is 0 Å². The maximum atomic E-state index is 11.6. The fraction of sp³-hybridized carbons (Fsp3) is 0.357. The molecule has 1 atom stereocenters. The van der Waals surface area contributed by atoms with Crippen molar-refractivity contribution in [1.82, 2.24) is 10.2 Å². The van der Waals surface area contributed by atoms with Crippen molar-refractivity contribution in [3.8, 4) is 11.5 Å². The lowest BCUT2D eigenvalue weighted by Gasteiger charge is -2.17. The molecule has 0 bridgehead atoms. The van der Waals surface area contributed by atoms with Gasteiger partial charge in [0, 0.05) is 11.3 Å². The quantitative estimate of drug-likeness (QED) is 0.844. The number of aryl methyl sites for hydroxylation is 1. The number of nitrogens with one attached hydrogen (secondary N) is 1. The number of hydrogen-bond donors (Lipinski definition) is 1. The highest BCUT2D eigenvalue weighted by Crippen LogP contribution is 2.24. The molecular weight excluding hydrogens is 258 g/mol. The van der Waals surface area contributed by atoms with Crippen molar-refractivity contribution >= 4 is 11.7 Å². The molecule has 0 saturated carbocycles. The lowest BCUT2D eigenvalue weighted by atomic mass is 10.1. The second-order valence-corrected chi connectivity index (χ2v) is 4.40. The van der Waals surface area contributed by atoms with Crippen molar-refractivity contribution in [3.63, 3.8) is 0 Å². The molecule has 1 N–H and O–H groups in total. The zero-order valence-electron chi connectivity index (χ0n) is 11.7. The molecule has 106 valence electrons. The molecule has 1 unspecified atom stereocenters. The van der Waals surface area contributed by atoms with Crippen LogP contribution in [0, 0.1) is 6.92 Å². The van der Waals surface area contributed by atoms with Gasteiger partial charge in [-0.25, -0.2) is 4.79 Å². The first-order chi connectivity index (χ1) is 9.65. The third-order valence-electron chi connectivity index (χ3n) is 3.06. The Kier molecular flexibility index (Phi) is 4.34. The number of ether oxygens (including phenoxy) is 1. The minimum Gasteiger partial charge on any atom is -0.467 e. The topological polar surface area (TPSA) is 77.3 Å². The highest BCUT2D eigenvalue weighted by atomic mass is 16.5. The van der Waals surface area contributed by atoms with Crippen LogP contribution >= 0.6 is 0 Å². The Morgan fingerprint density at radius 2 is 2.30 bits per heavy atom. The van der Waals surface area contributed by atoms with E-state index in [-0.39, 0.29) is 12.0 Å². The van der Waals surface area contributed by atoms with Gasteiger partial charge in [-0.1, -0.05) is 6.92 Å². The summed E-state index contributed by atoms with van der Waals surface area (Å²) in [4.78, 5) is 11.6. The minimum absolute atomic E-state index is 0.270. The third-order valence-corrected chi connectivity index (χ3v) is 3.06. The van der Waals surface area contributed by atoms with Crippen LogP contribution in [0.3, 0.4) is 0 Å². The largest absolute Gasteiger partial charge is 0.467 e. The summed E-state index contributed by atoms with van der Waals surface area (Å²) in [6.45, 7) is 3.88. The molecule has 6 nitrogen and oxygen atoms in total. The molecular formula is C14H17N3O3. The average molecular weight is 275 g/mol. The molecule has 0 saturated heterocycles. The first kappa shape index (κ1) is 14.0. The number of anilines is 1. The van der Waals surface area contributed by atoms with Crippen LogP contribution in [-0.4, -0.2) is 29.3 Å². The third kappa shape index (κ3) is 2.96. The minimum atomic E-state index is -0.354. The molecule has 6 heteroatoms. The smallest absolute Gasteiger partial charge is 0.328 e. The normalized spacial score (nSPS) is 11.9. The van der Waals surface area contributed by atoms with E-state index >= 15 is 0 Å². The van der Waals surface area contributed by atoms with Crippen LogP contribution in [0.25, 0.3) is 11.5 Å². The van der Waals surface area contributed by atoms with E-state index in [2.05, 4.69) is 15.5 Å². The number of benzene rings is 1. The molecule has 1 heterocycles. The van der Waals surface area contributed by atoms with E-state index in [1.54, 1.807) is 0 Å². The Balaban J connectivity index is 2.19. The summed E-state index contributed by atoms with van der Waals surface area (Å²) in [5.41, 5.74) is 2.71. The van der Waals surface area contributed by atoms with Gasteiger partial charge in [-0.3, -0.25) is 0 Å². The number of aromatic nitrogens is 2. The van der Waals surface area contributed by atoms with E-state index in [1.807, 2.05) is 32.0 Å². The molecule has 2 rings (SSSR count). The monoisotopic (exact) mass is 275 g/mol. The van der Waals surface area contributed by atoms with Crippen molar-refractivity contribution in [3.05, 3.63) is 30.2 Å². The van der Waals surface area contributed by atoms with E-state index in [4.69, 9.17) is 9.15 Å². The molecule has 0 aliphatic carbocycles. The lowest BCUT2D eigenvalue weighted by Crippen LogP contribution is -2.30. The van der Waals surface area contributed by atoms with Crippen molar-refractivity contribution < 1.29 is 13.9 Å². The van der Waals surface area contributed by atoms with Crippen molar-refractivity contribution in [2.45, 2.75) is 26.3 Å².